The Morgan fingerprint density at radius 1 is 1.07 bits per heavy atom. The van der Waals surface area contributed by atoms with Crippen LogP contribution >= 0.6 is 23.2 Å². The summed E-state index contributed by atoms with van der Waals surface area (Å²) in [4.78, 5) is 12.4. The fraction of sp³-hybridized carbons (Fsp3) is 0.350. The van der Waals surface area contributed by atoms with E-state index in [1.54, 1.807) is 12.1 Å². The Bertz CT molecular complexity index is 968. The zero-order valence-electron chi connectivity index (χ0n) is 16.3. The first-order chi connectivity index (χ1) is 13.0. The first-order valence-corrected chi connectivity index (χ1v) is 11.4. The van der Waals surface area contributed by atoms with Gasteiger partial charge in [0.05, 0.1) is 17.0 Å². The normalized spacial score (nSPS) is 11.4. The second kappa shape index (κ2) is 9.16. The minimum atomic E-state index is -3.57. The van der Waals surface area contributed by atoms with Crippen molar-refractivity contribution in [3.8, 4) is 0 Å². The van der Waals surface area contributed by atoms with Gasteiger partial charge in [-0.2, -0.15) is 0 Å². The summed E-state index contributed by atoms with van der Waals surface area (Å²) >= 11 is 12.1. The molecule has 28 heavy (non-hydrogen) atoms. The molecule has 0 saturated carbocycles. The smallest absolute Gasteiger partial charge is 0.232 e. The van der Waals surface area contributed by atoms with Crippen molar-refractivity contribution in [1.29, 1.82) is 0 Å². The van der Waals surface area contributed by atoms with Crippen LogP contribution in [-0.4, -0.2) is 27.1 Å². The van der Waals surface area contributed by atoms with Crippen LogP contribution in [0.15, 0.2) is 30.3 Å². The Labute approximate surface area is 176 Å². The molecular formula is C20H24Cl2N2O3S. The van der Waals surface area contributed by atoms with Gasteiger partial charge in [-0.25, -0.2) is 8.42 Å². The maximum absolute atomic E-state index is 12.4. The number of nitrogens with one attached hydrogen (secondary N) is 1. The van der Waals surface area contributed by atoms with Crippen LogP contribution < -0.4 is 9.62 Å². The molecule has 0 aliphatic rings. The second-order valence-electron chi connectivity index (χ2n) is 6.86. The molecule has 0 saturated heterocycles. The Balaban J connectivity index is 2.07. The molecule has 0 heterocycles. The molecule has 8 heteroatoms. The van der Waals surface area contributed by atoms with Gasteiger partial charge in [-0.3, -0.25) is 9.10 Å². The number of halogens is 2. The highest BCUT2D eigenvalue weighted by molar-refractivity contribution is 7.92. The van der Waals surface area contributed by atoms with E-state index >= 15 is 0 Å². The molecule has 0 fully saturated rings. The van der Waals surface area contributed by atoms with Gasteiger partial charge in [0, 0.05) is 23.7 Å². The topological polar surface area (TPSA) is 66.5 Å². The van der Waals surface area contributed by atoms with E-state index in [2.05, 4.69) is 5.32 Å². The van der Waals surface area contributed by atoms with E-state index in [0.29, 0.717) is 17.1 Å². The zero-order chi connectivity index (χ0) is 21.1. The number of hydrogen-bond donors (Lipinski definition) is 1. The molecule has 2 aromatic carbocycles. The largest absolute Gasteiger partial charge is 0.326 e. The van der Waals surface area contributed by atoms with Crippen LogP contribution in [0.4, 0.5) is 11.4 Å². The molecule has 0 aliphatic carbocycles. The highest BCUT2D eigenvalue weighted by Crippen LogP contribution is 2.31. The van der Waals surface area contributed by atoms with Crippen molar-refractivity contribution in [1.82, 2.24) is 0 Å². The minimum absolute atomic E-state index is 0.123. The Morgan fingerprint density at radius 2 is 1.68 bits per heavy atom. The lowest BCUT2D eigenvalue weighted by Crippen LogP contribution is -2.31. The van der Waals surface area contributed by atoms with Crippen molar-refractivity contribution >= 4 is 50.5 Å². The summed E-state index contributed by atoms with van der Waals surface area (Å²) < 4.78 is 25.6. The maximum atomic E-state index is 12.4. The number of carbonyl (C=O) groups is 1. The quantitative estimate of drug-likeness (QED) is 0.647. The van der Waals surface area contributed by atoms with Crippen molar-refractivity contribution in [3.05, 3.63) is 57.1 Å². The van der Waals surface area contributed by atoms with Crippen molar-refractivity contribution in [3.63, 3.8) is 0 Å². The molecule has 0 spiro atoms. The zero-order valence-corrected chi connectivity index (χ0v) is 18.7. The molecule has 1 amide bonds. The van der Waals surface area contributed by atoms with E-state index in [0.717, 1.165) is 28.6 Å². The molecule has 5 nitrogen and oxygen atoms in total. The Morgan fingerprint density at radius 3 is 2.25 bits per heavy atom. The predicted octanol–water partition coefficient (Wildman–Crippen LogP) is 5.10. The highest BCUT2D eigenvalue weighted by atomic mass is 35.5. The van der Waals surface area contributed by atoms with Gasteiger partial charge in [0.2, 0.25) is 15.9 Å². The van der Waals surface area contributed by atoms with E-state index in [1.807, 2.05) is 32.9 Å². The number of amides is 1. The molecule has 0 aliphatic heterocycles. The average molecular weight is 443 g/mol. The Hall–Kier alpha value is -1.76. The molecule has 0 unspecified atom stereocenters. The monoisotopic (exact) mass is 442 g/mol. The standard InChI is InChI=1S/C20H24Cl2N2O3S/c1-13-10-14(2)20(15(3)11-13)23-19(25)6-5-9-24(28(4,26)27)18-12-16(21)7-8-17(18)22/h7-8,10-12H,5-6,9H2,1-4H3,(H,23,25). The van der Waals surface area contributed by atoms with E-state index in [1.165, 1.54) is 10.4 Å². The van der Waals surface area contributed by atoms with Crippen LogP contribution in [0, 0.1) is 20.8 Å². The molecular weight excluding hydrogens is 419 g/mol. The third kappa shape index (κ3) is 5.87. The van der Waals surface area contributed by atoms with Gasteiger partial charge in [0.15, 0.2) is 0 Å². The number of nitrogens with zero attached hydrogens (tertiary/aromatic N) is 1. The maximum Gasteiger partial charge on any atom is 0.232 e. The summed E-state index contributed by atoms with van der Waals surface area (Å²) in [6, 6.07) is 8.66. The van der Waals surface area contributed by atoms with Crippen molar-refractivity contribution in [2.45, 2.75) is 33.6 Å². The van der Waals surface area contributed by atoms with E-state index < -0.39 is 10.0 Å². The van der Waals surface area contributed by atoms with Crippen LogP contribution in [-0.2, 0) is 14.8 Å². The molecule has 0 atom stereocenters. The number of hydrogen-bond acceptors (Lipinski definition) is 3. The lowest BCUT2D eigenvalue weighted by Gasteiger charge is -2.23. The van der Waals surface area contributed by atoms with Crippen molar-refractivity contribution < 1.29 is 13.2 Å². The molecule has 152 valence electrons. The van der Waals surface area contributed by atoms with Gasteiger partial charge in [-0.1, -0.05) is 40.9 Å². The average Bonchev–Trinajstić information content (AvgIpc) is 2.56. The SMILES string of the molecule is Cc1cc(C)c(NC(=O)CCCN(c2cc(Cl)ccc2Cl)S(C)(=O)=O)c(C)c1. The Kier molecular flexibility index (Phi) is 7.37. The fourth-order valence-electron chi connectivity index (χ4n) is 3.10. The first kappa shape index (κ1) is 22.5. The molecule has 2 aromatic rings. The van der Waals surface area contributed by atoms with Crippen LogP contribution in [0.5, 0.6) is 0 Å². The lowest BCUT2D eigenvalue weighted by atomic mass is 10.0. The summed E-state index contributed by atoms with van der Waals surface area (Å²) in [6.45, 7) is 6.02. The third-order valence-electron chi connectivity index (χ3n) is 4.28. The number of benzene rings is 2. The van der Waals surface area contributed by atoms with E-state index in [9.17, 15) is 13.2 Å². The van der Waals surface area contributed by atoms with Gasteiger partial charge in [-0.15, -0.1) is 0 Å². The van der Waals surface area contributed by atoms with Crippen LogP contribution in [0.3, 0.4) is 0 Å². The molecule has 1 N–H and O–H groups in total. The van der Waals surface area contributed by atoms with Crippen molar-refractivity contribution in [2.24, 2.45) is 0 Å². The number of aryl methyl sites for hydroxylation is 3. The van der Waals surface area contributed by atoms with Gasteiger partial charge >= 0.3 is 0 Å². The van der Waals surface area contributed by atoms with Crippen LogP contribution in [0.25, 0.3) is 0 Å². The molecule has 0 bridgehead atoms. The van der Waals surface area contributed by atoms with Crippen molar-refractivity contribution in [2.75, 3.05) is 22.4 Å². The van der Waals surface area contributed by atoms with Gasteiger partial charge in [0.25, 0.3) is 0 Å². The summed E-state index contributed by atoms with van der Waals surface area (Å²) in [6.07, 6.45) is 1.62. The summed E-state index contributed by atoms with van der Waals surface area (Å²) in [5.74, 6) is -0.166. The molecule has 0 aromatic heterocycles. The van der Waals surface area contributed by atoms with E-state index in [4.69, 9.17) is 23.2 Å². The number of anilines is 2. The van der Waals surface area contributed by atoms with Gasteiger partial charge < -0.3 is 5.32 Å². The lowest BCUT2D eigenvalue weighted by molar-refractivity contribution is -0.116. The number of sulfonamides is 1. The summed E-state index contributed by atoms with van der Waals surface area (Å²) in [5.41, 5.74) is 4.23. The van der Waals surface area contributed by atoms with E-state index in [-0.39, 0.29) is 23.9 Å². The fourth-order valence-corrected chi connectivity index (χ4v) is 4.51. The van der Waals surface area contributed by atoms with Crippen LogP contribution in [0.2, 0.25) is 10.0 Å². The molecule has 0 radical (unpaired) electrons. The van der Waals surface area contributed by atoms with Gasteiger partial charge in [0.1, 0.15) is 0 Å². The van der Waals surface area contributed by atoms with Gasteiger partial charge in [-0.05, 0) is 56.5 Å². The second-order valence-corrected chi connectivity index (χ2v) is 9.61. The molecule has 2 rings (SSSR count). The van der Waals surface area contributed by atoms with Crippen LogP contribution in [0.1, 0.15) is 29.5 Å². The summed E-state index contributed by atoms with van der Waals surface area (Å²) in [5, 5.41) is 3.59. The first-order valence-electron chi connectivity index (χ1n) is 8.79. The predicted molar refractivity (Wildman–Crippen MR) is 117 cm³/mol. The highest BCUT2D eigenvalue weighted by Gasteiger charge is 2.20. The third-order valence-corrected chi connectivity index (χ3v) is 6.02. The number of carbonyl (C=O) groups excluding carboxylic acids is 1. The number of rotatable bonds is 7. The minimum Gasteiger partial charge on any atom is -0.326 e. The summed E-state index contributed by atoms with van der Waals surface area (Å²) in [7, 11) is -3.57.